The summed E-state index contributed by atoms with van der Waals surface area (Å²) in [6.07, 6.45) is 7.18. The molecule has 2 heteroatoms. The SMILES string of the molecule is CCCC(C)NC1CCCCN1. The second kappa shape index (κ2) is 5.55. The summed E-state index contributed by atoms with van der Waals surface area (Å²) in [6.45, 7) is 5.71. The molecule has 0 bridgehead atoms. The average molecular weight is 170 g/mol. The second-order valence-electron chi connectivity index (χ2n) is 3.86. The van der Waals surface area contributed by atoms with Gasteiger partial charge in [-0.3, -0.25) is 5.32 Å². The van der Waals surface area contributed by atoms with E-state index < -0.39 is 0 Å². The molecule has 1 aliphatic heterocycles. The van der Waals surface area contributed by atoms with Gasteiger partial charge in [-0.1, -0.05) is 13.3 Å². The molecule has 1 rings (SSSR count). The first kappa shape index (κ1) is 10.0. The molecule has 72 valence electrons. The zero-order chi connectivity index (χ0) is 8.81. The highest BCUT2D eigenvalue weighted by atomic mass is 15.1. The zero-order valence-electron chi connectivity index (χ0n) is 8.40. The molecule has 0 amide bonds. The molecule has 0 aromatic carbocycles. The summed E-state index contributed by atoms with van der Waals surface area (Å²) in [5, 5.41) is 7.11. The predicted octanol–water partition coefficient (Wildman–Crippen LogP) is 1.86. The van der Waals surface area contributed by atoms with E-state index in [9.17, 15) is 0 Å². The molecule has 0 radical (unpaired) electrons. The molecule has 1 saturated heterocycles. The van der Waals surface area contributed by atoms with E-state index in [2.05, 4.69) is 24.5 Å². The molecule has 0 aromatic rings. The van der Waals surface area contributed by atoms with Crippen LogP contribution in [0.1, 0.15) is 46.0 Å². The molecular weight excluding hydrogens is 148 g/mol. The largest absolute Gasteiger partial charge is 0.302 e. The Balaban J connectivity index is 2.11. The lowest BCUT2D eigenvalue weighted by molar-refractivity contribution is 0.310. The van der Waals surface area contributed by atoms with Gasteiger partial charge in [0.05, 0.1) is 6.17 Å². The predicted molar refractivity (Wildman–Crippen MR) is 53.1 cm³/mol. The van der Waals surface area contributed by atoms with Crippen LogP contribution >= 0.6 is 0 Å². The van der Waals surface area contributed by atoms with Crippen molar-refractivity contribution < 1.29 is 0 Å². The Morgan fingerprint density at radius 1 is 1.50 bits per heavy atom. The van der Waals surface area contributed by atoms with Crippen LogP contribution in [-0.4, -0.2) is 18.8 Å². The van der Waals surface area contributed by atoms with Crippen LogP contribution in [0, 0.1) is 0 Å². The number of nitrogens with one attached hydrogen (secondary N) is 2. The standard InChI is InChI=1S/C10H22N2/c1-3-6-9(2)12-10-7-4-5-8-11-10/h9-12H,3-8H2,1-2H3. The summed E-state index contributed by atoms with van der Waals surface area (Å²) in [5.41, 5.74) is 0. The van der Waals surface area contributed by atoms with E-state index >= 15 is 0 Å². The Morgan fingerprint density at radius 2 is 2.33 bits per heavy atom. The molecule has 0 spiro atoms. The van der Waals surface area contributed by atoms with Crippen LogP contribution < -0.4 is 10.6 Å². The fraction of sp³-hybridized carbons (Fsp3) is 1.00. The zero-order valence-corrected chi connectivity index (χ0v) is 8.40. The number of hydrogen-bond donors (Lipinski definition) is 2. The van der Waals surface area contributed by atoms with Crippen LogP contribution in [0.2, 0.25) is 0 Å². The Labute approximate surface area is 76.1 Å². The quantitative estimate of drug-likeness (QED) is 0.673. The Morgan fingerprint density at radius 3 is 2.92 bits per heavy atom. The molecule has 1 aliphatic rings. The maximum atomic E-state index is 3.61. The van der Waals surface area contributed by atoms with Gasteiger partial charge in [0.25, 0.3) is 0 Å². The third-order valence-corrected chi connectivity index (χ3v) is 2.52. The first-order chi connectivity index (χ1) is 5.83. The smallest absolute Gasteiger partial charge is 0.0573 e. The fourth-order valence-corrected chi connectivity index (χ4v) is 1.85. The molecule has 1 heterocycles. The molecule has 2 nitrogen and oxygen atoms in total. The van der Waals surface area contributed by atoms with Crippen LogP contribution in [0.3, 0.4) is 0 Å². The number of hydrogen-bond acceptors (Lipinski definition) is 2. The molecule has 0 aliphatic carbocycles. The monoisotopic (exact) mass is 170 g/mol. The Hall–Kier alpha value is -0.0800. The van der Waals surface area contributed by atoms with Gasteiger partial charge in [0.15, 0.2) is 0 Å². The van der Waals surface area contributed by atoms with Crippen LogP contribution in [0.25, 0.3) is 0 Å². The lowest BCUT2D eigenvalue weighted by atomic mass is 10.1. The summed E-state index contributed by atoms with van der Waals surface area (Å²) in [5.74, 6) is 0. The maximum absolute atomic E-state index is 3.61. The highest BCUT2D eigenvalue weighted by molar-refractivity contribution is 4.73. The third kappa shape index (κ3) is 3.55. The van der Waals surface area contributed by atoms with Gasteiger partial charge in [-0.25, -0.2) is 0 Å². The van der Waals surface area contributed by atoms with Crippen molar-refractivity contribution in [3.05, 3.63) is 0 Å². The molecule has 2 atom stereocenters. The van der Waals surface area contributed by atoms with E-state index in [4.69, 9.17) is 0 Å². The van der Waals surface area contributed by atoms with Gasteiger partial charge in [0.1, 0.15) is 0 Å². The van der Waals surface area contributed by atoms with Gasteiger partial charge in [0.2, 0.25) is 0 Å². The van der Waals surface area contributed by atoms with Gasteiger partial charge in [-0.15, -0.1) is 0 Å². The highest BCUT2D eigenvalue weighted by Crippen LogP contribution is 2.06. The van der Waals surface area contributed by atoms with Crippen molar-refractivity contribution in [2.75, 3.05) is 6.54 Å². The summed E-state index contributed by atoms with van der Waals surface area (Å²) < 4.78 is 0. The van der Waals surface area contributed by atoms with Crippen LogP contribution in [-0.2, 0) is 0 Å². The summed E-state index contributed by atoms with van der Waals surface area (Å²) in [4.78, 5) is 0. The van der Waals surface area contributed by atoms with Crippen molar-refractivity contribution in [1.82, 2.24) is 10.6 Å². The van der Waals surface area contributed by atoms with Gasteiger partial charge < -0.3 is 5.32 Å². The van der Waals surface area contributed by atoms with Gasteiger partial charge in [0, 0.05) is 6.04 Å². The van der Waals surface area contributed by atoms with Crippen LogP contribution in [0.15, 0.2) is 0 Å². The summed E-state index contributed by atoms with van der Waals surface area (Å²) in [6, 6.07) is 0.672. The minimum absolute atomic E-state index is 0.584. The normalized spacial score (nSPS) is 27.0. The molecule has 1 fully saturated rings. The summed E-state index contributed by atoms with van der Waals surface area (Å²) >= 11 is 0. The van der Waals surface area contributed by atoms with E-state index in [0.717, 1.165) is 0 Å². The van der Waals surface area contributed by atoms with Crippen molar-refractivity contribution in [3.63, 3.8) is 0 Å². The number of piperidine rings is 1. The topological polar surface area (TPSA) is 24.1 Å². The van der Waals surface area contributed by atoms with Crippen molar-refractivity contribution in [2.24, 2.45) is 0 Å². The molecule has 2 unspecified atom stereocenters. The minimum atomic E-state index is 0.584. The molecule has 0 aromatic heterocycles. The van der Waals surface area contributed by atoms with E-state index in [1.54, 1.807) is 0 Å². The highest BCUT2D eigenvalue weighted by Gasteiger charge is 2.13. The van der Waals surface area contributed by atoms with Crippen LogP contribution in [0.4, 0.5) is 0 Å². The van der Waals surface area contributed by atoms with Crippen molar-refractivity contribution in [2.45, 2.75) is 58.2 Å². The first-order valence-corrected chi connectivity index (χ1v) is 5.32. The van der Waals surface area contributed by atoms with Gasteiger partial charge in [-0.2, -0.15) is 0 Å². The maximum Gasteiger partial charge on any atom is 0.0573 e. The molecule has 2 N–H and O–H groups in total. The first-order valence-electron chi connectivity index (χ1n) is 5.32. The van der Waals surface area contributed by atoms with Crippen LogP contribution in [0.5, 0.6) is 0 Å². The second-order valence-corrected chi connectivity index (χ2v) is 3.86. The number of rotatable bonds is 4. The van der Waals surface area contributed by atoms with Crippen molar-refractivity contribution in [3.8, 4) is 0 Å². The lowest BCUT2D eigenvalue weighted by Gasteiger charge is -2.27. The Kier molecular flexibility index (Phi) is 4.62. The van der Waals surface area contributed by atoms with E-state index in [1.165, 1.54) is 38.6 Å². The van der Waals surface area contributed by atoms with Crippen molar-refractivity contribution >= 4 is 0 Å². The molecular formula is C10H22N2. The van der Waals surface area contributed by atoms with Crippen molar-refractivity contribution in [1.29, 1.82) is 0 Å². The van der Waals surface area contributed by atoms with E-state index in [-0.39, 0.29) is 0 Å². The third-order valence-electron chi connectivity index (χ3n) is 2.52. The summed E-state index contributed by atoms with van der Waals surface area (Å²) in [7, 11) is 0. The van der Waals surface area contributed by atoms with E-state index in [1.807, 2.05) is 0 Å². The average Bonchev–Trinajstić information content (AvgIpc) is 2.06. The van der Waals surface area contributed by atoms with Gasteiger partial charge in [-0.05, 0) is 39.2 Å². The molecule has 12 heavy (non-hydrogen) atoms. The lowest BCUT2D eigenvalue weighted by Crippen LogP contribution is -2.48. The van der Waals surface area contributed by atoms with E-state index in [0.29, 0.717) is 12.2 Å². The van der Waals surface area contributed by atoms with Gasteiger partial charge >= 0.3 is 0 Å². The Bertz CT molecular complexity index is 108. The fourth-order valence-electron chi connectivity index (χ4n) is 1.85. The molecule has 0 saturated carbocycles. The minimum Gasteiger partial charge on any atom is -0.302 e.